The van der Waals surface area contributed by atoms with Gasteiger partial charge in [-0.25, -0.2) is 9.18 Å². The quantitative estimate of drug-likeness (QED) is 0.420. The lowest BCUT2D eigenvalue weighted by Gasteiger charge is -2.26. The predicted octanol–water partition coefficient (Wildman–Crippen LogP) is 3.80. The molecule has 0 saturated carbocycles. The molecule has 33 heavy (non-hydrogen) atoms. The number of esters is 1. The number of hydrogen-bond donors (Lipinski definition) is 0. The van der Waals surface area contributed by atoms with Gasteiger partial charge >= 0.3 is 5.97 Å². The third-order valence-corrected chi connectivity index (χ3v) is 5.71. The summed E-state index contributed by atoms with van der Waals surface area (Å²) in [5.41, 5.74) is 2.93. The maximum absolute atomic E-state index is 13.3. The lowest BCUT2D eigenvalue weighted by Crippen LogP contribution is -2.39. The van der Waals surface area contributed by atoms with Crippen LogP contribution in [-0.2, 0) is 27.3 Å². The number of ether oxygens (including phenoxy) is 2. The number of pyridine rings is 1. The second-order valence-electron chi connectivity index (χ2n) is 7.88. The van der Waals surface area contributed by atoms with Crippen molar-refractivity contribution in [3.05, 3.63) is 70.7 Å². The molecule has 3 aromatic rings. The molecule has 8 heteroatoms. The van der Waals surface area contributed by atoms with Gasteiger partial charge in [-0.15, -0.1) is 0 Å². The first kappa shape index (κ1) is 22.4. The van der Waals surface area contributed by atoms with E-state index in [1.165, 1.54) is 31.3 Å². The monoisotopic (exact) mass is 450 g/mol. The van der Waals surface area contributed by atoms with Crippen LogP contribution in [0.3, 0.4) is 0 Å². The van der Waals surface area contributed by atoms with E-state index < -0.39 is 5.97 Å². The number of carbonyl (C=O) groups excluding carboxylic acids is 3. The molecule has 2 heterocycles. The Hall–Kier alpha value is -3.81. The first-order valence-electron chi connectivity index (χ1n) is 10.6. The number of benzene rings is 2. The molecular formula is C25H23FN2O5. The topological polar surface area (TPSA) is 85.8 Å². The number of nitrogens with zero attached hydrogens (tertiary/aromatic N) is 2. The van der Waals surface area contributed by atoms with E-state index >= 15 is 0 Å². The van der Waals surface area contributed by atoms with Crippen molar-refractivity contribution in [3.63, 3.8) is 0 Å². The SMILES string of the molecule is COC(=O)c1cc(CN2C(=O)CCCC2=O)c2cc(Cc3ccc(F)cc3)cnc2c1OC. The number of rotatable bonds is 6. The zero-order valence-electron chi connectivity index (χ0n) is 18.4. The molecule has 0 radical (unpaired) electrons. The number of hydrogen-bond acceptors (Lipinski definition) is 6. The van der Waals surface area contributed by atoms with Crippen molar-refractivity contribution in [1.29, 1.82) is 0 Å². The van der Waals surface area contributed by atoms with Crippen LogP contribution >= 0.6 is 0 Å². The molecule has 1 fully saturated rings. The lowest BCUT2D eigenvalue weighted by atomic mass is 9.98. The summed E-state index contributed by atoms with van der Waals surface area (Å²) in [7, 11) is 2.70. The minimum Gasteiger partial charge on any atom is -0.494 e. The molecule has 0 aliphatic carbocycles. The van der Waals surface area contributed by atoms with Crippen LogP contribution in [0.25, 0.3) is 10.9 Å². The van der Waals surface area contributed by atoms with E-state index in [1.807, 2.05) is 6.07 Å². The Kier molecular flexibility index (Phi) is 6.35. The molecule has 2 amide bonds. The van der Waals surface area contributed by atoms with Gasteiger partial charge in [0.25, 0.3) is 0 Å². The summed E-state index contributed by atoms with van der Waals surface area (Å²) in [4.78, 5) is 43.0. The van der Waals surface area contributed by atoms with Gasteiger partial charge in [-0.3, -0.25) is 19.5 Å². The van der Waals surface area contributed by atoms with Gasteiger partial charge in [0.05, 0.1) is 20.8 Å². The smallest absolute Gasteiger partial charge is 0.341 e. The van der Waals surface area contributed by atoms with Gasteiger partial charge in [0.15, 0.2) is 5.75 Å². The predicted molar refractivity (Wildman–Crippen MR) is 118 cm³/mol. The number of aromatic nitrogens is 1. The highest BCUT2D eigenvalue weighted by molar-refractivity contribution is 6.02. The van der Waals surface area contributed by atoms with Gasteiger partial charge < -0.3 is 9.47 Å². The highest BCUT2D eigenvalue weighted by atomic mass is 19.1. The minimum atomic E-state index is -0.608. The zero-order chi connectivity index (χ0) is 23.5. The normalized spacial score (nSPS) is 14.0. The summed E-state index contributed by atoms with van der Waals surface area (Å²) in [6.45, 7) is 0.0177. The number of methoxy groups -OCH3 is 2. The molecule has 1 saturated heterocycles. The maximum Gasteiger partial charge on any atom is 0.341 e. The van der Waals surface area contributed by atoms with E-state index in [4.69, 9.17) is 9.47 Å². The van der Waals surface area contributed by atoms with E-state index in [0.717, 1.165) is 11.1 Å². The Bertz CT molecular complexity index is 1220. The number of piperidine rings is 1. The standard InChI is InChI=1S/C25H23FN2O5/c1-32-24-20(25(31)33-2)12-17(14-28-21(29)4-3-5-22(28)30)19-11-16(13-27-23(19)24)10-15-6-8-18(26)9-7-15/h6-9,11-13H,3-5,10,14H2,1-2H3. The minimum absolute atomic E-state index is 0.0177. The number of imide groups is 1. The Morgan fingerprint density at radius 2 is 1.76 bits per heavy atom. The molecule has 0 bridgehead atoms. The third-order valence-electron chi connectivity index (χ3n) is 5.71. The first-order valence-corrected chi connectivity index (χ1v) is 10.6. The summed E-state index contributed by atoms with van der Waals surface area (Å²) < 4.78 is 23.7. The van der Waals surface area contributed by atoms with Gasteiger partial charge in [0, 0.05) is 24.4 Å². The number of likely N-dealkylation sites (tertiary alicyclic amines) is 1. The number of halogens is 1. The molecule has 1 aliphatic rings. The van der Waals surface area contributed by atoms with Crippen molar-refractivity contribution >= 4 is 28.7 Å². The molecule has 0 unspecified atom stereocenters. The van der Waals surface area contributed by atoms with E-state index in [2.05, 4.69) is 4.98 Å². The fraction of sp³-hybridized carbons (Fsp3) is 0.280. The van der Waals surface area contributed by atoms with Crippen LogP contribution < -0.4 is 4.74 Å². The van der Waals surface area contributed by atoms with Gasteiger partial charge in [0.2, 0.25) is 11.8 Å². The van der Waals surface area contributed by atoms with Crippen molar-refractivity contribution in [2.75, 3.05) is 14.2 Å². The molecule has 1 aliphatic heterocycles. The number of fused-ring (bicyclic) bond motifs is 1. The molecule has 0 spiro atoms. The fourth-order valence-electron chi connectivity index (χ4n) is 4.06. The summed E-state index contributed by atoms with van der Waals surface area (Å²) in [5.74, 6) is -1.15. The third kappa shape index (κ3) is 4.55. The Morgan fingerprint density at radius 1 is 1.06 bits per heavy atom. The Morgan fingerprint density at radius 3 is 2.39 bits per heavy atom. The van der Waals surface area contributed by atoms with Crippen molar-refractivity contribution < 1.29 is 28.2 Å². The molecule has 2 aromatic carbocycles. The van der Waals surface area contributed by atoms with Crippen molar-refractivity contribution in [1.82, 2.24) is 9.88 Å². The molecule has 170 valence electrons. The molecule has 0 atom stereocenters. The Labute approximate surface area is 190 Å². The van der Waals surface area contributed by atoms with E-state index in [1.54, 1.807) is 24.4 Å². The van der Waals surface area contributed by atoms with E-state index in [-0.39, 0.29) is 35.5 Å². The van der Waals surface area contributed by atoms with Crippen LogP contribution in [0.4, 0.5) is 4.39 Å². The average molecular weight is 450 g/mol. The first-order chi connectivity index (χ1) is 15.9. The molecular weight excluding hydrogens is 427 g/mol. The highest BCUT2D eigenvalue weighted by Crippen LogP contribution is 2.34. The largest absolute Gasteiger partial charge is 0.494 e. The van der Waals surface area contributed by atoms with E-state index in [9.17, 15) is 18.8 Å². The number of carbonyl (C=O) groups is 3. The van der Waals surface area contributed by atoms with Crippen molar-refractivity contribution in [2.24, 2.45) is 0 Å². The molecule has 0 N–H and O–H groups in total. The molecule has 7 nitrogen and oxygen atoms in total. The van der Waals surface area contributed by atoms with Crippen LogP contribution in [0.1, 0.15) is 46.3 Å². The van der Waals surface area contributed by atoms with Crippen LogP contribution in [-0.4, -0.2) is 41.9 Å². The fourth-order valence-corrected chi connectivity index (χ4v) is 4.06. The van der Waals surface area contributed by atoms with Crippen LogP contribution in [0.2, 0.25) is 0 Å². The van der Waals surface area contributed by atoms with Gasteiger partial charge in [0.1, 0.15) is 16.9 Å². The van der Waals surface area contributed by atoms with Crippen LogP contribution in [0.15, 0.2) is 42.6 Å². The van der Waals surface area contributed by atoms with Gasteiger partial charge in [-0.05, 0) is 53.8 Å². The Balaban J connectivity index is 1.84. The summed E-state index contributed by atoms with van der Waals surface area (Å²) in [6.07, 6.45) is 3.31. The van der Waals surface area contributed by atoms with Crippen molar-refractivity contribution in [3.8, 4) is 5.75 Å². The van der Waals surface area contributed by atoms with E-state index in [0.29, 0.717) is 42.1 Å². The van der Waals surface area contributed by atoms with Crippen molar-refractivity contribution in [2.45, 2.75) is 32.2 Å². The average Bonchev–Trinajstić information content (AvgIpc) is 2.82. The second kappa shape index (κ2) is 9.36. The molecule has 1 aromatic heterocycles. The summed E-state index contributed by atoms with van der Waals surface area (Å²) >= 11 is 0. The number of amides is 2. The lowest BCUT2D eigenvalue weighted by molar-refractivity contribution is -0.148. The maximum atomic E-state index is 13.3. The zero-order valence-corrected chi connectivity index (χ0v) is 18.4. The highest BCUT2D eigenvalue weighted by Gasteiger charge is 2.28. The van der Waals surface area contributed by atoms with Gasteiger partial charge in [-0.1, -0.05) is 12.1 Å². The summed E-state index contributed by atoms with van der Waals surface area (Å²) in [6, 6.07) is 9.68. The second-order valence-corrected chi connectivity index (χ2v) is 7.88. The van der Waals surface area contributed by atoms with Crippen LogP contribution in [0.5, 0.6) is 5.75 Å². The molecule has 4 rings (SSSR count). The van der Waals surface area contributed by atoms with Crippen LogP contribution in [0, 0.1) is 5.82 Å². The summed E-state index contributed by atoms with van der Waals surface area (Å²) in [5, 5.41) is 0.658. The van der Waals surface area contributed by atoms with Gasteiger partial charge in [-0.2, -0.15) is 0 Å².